The Morgan fingerprint density at radius 3 is 0.410 bits per heavy atom. The van der Waals surface area contributed by atoms with E-state index in [1.807, 2.05) is 0 Å². The summed E-state index contributed by atoms with van der Waals surface area (Å²) in [7, 11) is 8.84. The molecule has 16 bridgehead atoms. The smallest absolute Gasteiger partial charge is 0.126 e. The van der Waals surface area contributed by atoms with Gasteiger partial charge in [0, 0.05) is 140 Å². The number of benzene rings is 8. The van der Waals surface area contributed by atoms with E-state index < -0.39 is 0 Å². The molecule has 0 fully saturated rings. The van der Waals surface area contributed by atoms with Crippen molar-refractivity contribution in [1.29, 1.82) is 0 Å². The van der Waals surface area contributed by atoms with Crippen molar-refractivity contribution in [2.75, 3.05) is 42.7 Å². The minimum Gasteiger partial charge on any atom is -0.508 e. The number of methoxy groups -OCH3 is 6. The van der Waals surface area contributed by atoms with Crippen LogP contribution in [0.25, 0.3) is 0 Å². The topological polar surface area (TPSA) is 258 Å². The van der Waals surface area contributed by atoms with Crippen molar-refractivity contribution in [2.45, 2.75) is 51.4 Å². The van der Waals surface area contributed by atoms with Gasteiger partial charge in [-0.3, -0.25) is 0 Å². The lowest BCUT2D eigenvalue weighted by atomic mass is 9.91. The lowest BCUT2D eigenvalue weighted by Gasteiger charge is -2.21. The Hall–Kier alpha value is -9.44. The minimum absolute atomic E-state index is 0.0284. The van der Waals surface area contributed by atoms with Crippen LogP contribution in [0.1, 0.15) is 89.0 Å². The fourth-order valence-electron chi connectivity index (χ4n) is 11.2. The zero-order valence-corrected chi connectivity index (χ0v) is 43.8. The molecule has 404 valence electrons. The van der Waals surface area contributed by atoms with Crippen LogP contribution in [0.15, 0.2) is 97.1 Å². The summed E-state index contributed by atoms with van der Waals surface area (Å²) in [5.41, 5.74) is 6.93. The summed E-state index contributed by atoms with van der Waals surface area (Å²) in [6.07, 6.45) is 0.161. The summed E-state index contributed by atoms with van der Waals surface area (Å²) in [5.74, 6) is 0.768. The summed E-state index contributed by atoms with van der Waals surface area (Å²) in [6, 6.07) is 23.8. The fourth-order valence-corrected chi connectivity index (χ4v) is 11.2. The first-order valence-corrected chi connectivity index (χ1v) is 24.8. The van der Waals surface area contributed by atoms with Gasteiger partial charge in [-0.05, 0) is 97.1 Å². The molecule has 1 aliphatic carbocycles. The van der Waals surface area contributed by atoms with Gasteiger partial charge >= 0.3 is 0 Å². The maximum absolute atomic E-state index is 12.0. The molecule has 0 atom stereocenters. The minimum atomic E-state index is -0.171. The molecular formula is C62H60O16. The molecule has 9 rings (SSSR count). The standard InChI is InChI=1S/C62H60O16/c1-73-57-35-7-31-15-47(63)16-32(55(31)71)8-36-20-50(66)25-41(58(36)74-2)13-45-29-54(70)30-46(62(45)78-6)14-42-26-52(68)22-38(60(42)76-4)10-34-18-48(64)17-33(56(34)72)9-37-21-51(67)24-40(59(37)75-3)12-44-28-53(69)27-43(61(44)77-5)11-39(57)23-49(65)19-35/h15-30,63-72H,7-14H2,1-6H3. The van der Waals surface area contributed by atoms with Crippen LogP contribution in [0.4, 0.5) is 0 Å². The van der Waals surface area contributed by atoms with E-state index in [4.69, 9.17) is 28.4 Å². The molecule has 78 heavy (non-hydrogen) atoms. The quantitative estimate of drug-likeness (QED) is 0.0695. The predicted molar refractivity (Wildman–Crippen MR) is 290 cm³/mol. The molecule has 1 aliphatic rings. The van der Waals surface area contributed by atoms with Gasteiger partial charge in [0.1, 0.15) is 92.0 Å². The zero-order valence-electron chi connectivity index (χ0n) is 43.8. The second-order valence-electron chi connectivity index (χ2n) is 19.4. The molecule has 16 nitrogen and oxygen atoms in total. The normalized spacial score (nSPS) is 12.6. The first-order chi connectivity index (χ1) is 37.4. The molecule has 0 radical (unpaired) electrons. The van der Waals surface area contributed by atoms with Gasteiger partial charge in [-0.25, -0.2) is 0 Å². The average molecular weight is 1060 g/mol. The van der Waals surface area contributed by atoms with Gasteiger partial charge in [-0.15, -0.1) is 0 Å². The number of phenolic OH excluding ortho intramolecular Hbond substituents is 10. The third-order valence-electron chi connectivity index (χ3n) is 14.1. The van der Waals surface area contributed by atoms with E-state index in [0.717, 1.165) is 0 Å². The van der Waals surface area contributed by atoms with Crippen LogP contribution in [-0.4, -0.2) is 93.7 Å². The van der Waals surface area contributed by atoms with Crippen molar-refractivity contribution in [3.63, 3.8) is 0 Å². The Bertz CT molecular complexity index is 3170. The van der Waals surface area contributed by atoms with Gasteiger partial charge in [0.05, 0.1) is 42.7 Å². The van der Waals surface area contributed by atoms with E-state index in [1.165, 1.54) is 140 Å². The molecule has 0 saturated carbocycles. The van der Waals surface area contributed by atoms with Crippen molar-refractivity contribution < 1.29 is 79.5 Å². The number of aromatic hydroxyl groups is 10. The first kappa shape index (κ1) is 53.4. The molecule has 8 aromatic carbocycles. The molecule has 0 aliphatic heterocycles. The third kappa shape index (κ3) is 10.8. The number of hydrogen-bond acceptors (Lipinski definition) is 16. The number of ether oxygens (including phenoxy) is 6. The molecular weight excluding hydrogens is 1000 g/mol. The van der Waals surface area contributed by atoms with Gasteiger partial charge in [-0.1, -0.05) is 0 Å². The van der Waals surface area contributed by atoms with E-state index in [2.05, 4.69) is 0 Å². The van der Waals surface area contributed by atoms with Crippen LogP contribution in [0.2, 0.25) is 0 Å². The second-order valence-corrected chi connectivity index (χ2v) is 19.4. The summed E-state index contributed by atoms with van der Waals surface area (Å²) in [5, 5.41) is 114. The van der Waals surface area contributed by atoms with Crippen LogP contribution < -0.4 is 28.4 Å². The van der Waals surface area contributed by atoms with Gasteiger partial charge in [-0.2, -0.15) is 0 Å². The molecule has 0 aromatic heterocycles. The number of rotatable bonds is 6. The van der Waals surface area contributed by atoms with Crippen molar-refractivity contribution in [3.8, 4) is 92.0 Å². The highest BCUT2D eigenvalue weighted by atomic mass is 16.5. The second kappa shape index (κ2) is 22.0. The summed E-state index contributed by atoms with van der Waals surface area (Å²) in [6.45, 7) is 0. The maximum atomic E-state index is 12.0. The van der Waals surface area contributed by atoms with Crippen molar-refractivity contribution in [1.82, 2.24) is 0 Å². The molecule has 0 spiro atoms. The van der Waals surface area contributed by atoms with Crippen molar-refractivity contribution >= 4 is 0 Å². The Morgan fingerprint density at radius 1 is 0.192 bits per heavy atom. The van der Waals surface area contributed by atoms with Crippen molar-refractivity contribution in [2.24, 2.45) is 0 Å². The van der Waals surface area contributed by atoms with E-state index in [1.54, 1.807) is 0 Å². The lowest BCUT2D eigenvalue weighted by Crippen LogP contribution is -2.05. The monoisotopic (exact) mass is 1060 g/mol. The Balaban J connectivity index is 1.23. The number of phenols is 10. The summed E-state index contributed by atoms with van der Waals surface area (Å²) < 4.78 is 36.0. The van der Waals surface area contributed by atoms with Crippen LogP contribution in [-0.2, 0) is 51.4 Å². The molecule has 10 N–H and O–H groups in total. The van der Waals surface area contributed by atoms with E-state index in [-0.39, 0.29) is 131 Å². The Labute approximate surface area is 450 Å². The molecule has 8 aromatic rings. The highest BCUT2D eigenvalue weighted by Gasteiger charge is 2.26. The molecule has 0 unspecified atom stereocenters. The summed E-state index contributed by atoms with van der Waals surface area (Å²) in [4.78, 5) is 0. The Kier molecular flexibility index (Phi) is 15.1. The first-order valence-electron chi connectivity index (χ1n) is 24.8. The largest absolute Gasteiger partial charge is 0.508 e. The van der Waals surface area contributed by atoms with E-state index in [9.17, 15) is 51.1 Å². The number of hydrogen-bond donors (Lipinski definition) is 10. The van der Waals surface area contributed by atoms with Crippen LogP contribution in [0, 0.1) is 0 Å². The molecule has 0 heterocycles. The zero-order chi connectivity index (χ0) is 55.7. The third-order valence-corrected chi connectivity index (χ3v) is 14.1. The van der Waals surface area contributed by atoms with Gasteiger partial charge in [0.25, 0.3) is 0 Å². The van der Waals surface area contributed by atoms with Crippen LogP contribution in [0.5, 0.6) is 92.0 Å². The molecule has 0 saturated heterocycles. The SMILES string of the molecule is COc1c2cc(O)cc1Cc1cc(O)cc(c1OC)Cc1cc(O)cc(c1OC)Cc1cc(O)cc(c1O)Cc1cc(O)cc(c1OC)Cc1cc(O)cc(c1OC)Cc1cc(O)cc(c1OC)Cc1cc(O)cc(c1O)C2. The lowest BCUT2D eigenvalue weighted by molar-refractivity contribution is 0.394. The highest BCUT2D eigenvalue weighted by Crippen LogP contribution is 2.45. The van der Waals surface area contributed by atoms with E-state index in [0.29, 0.717) is 101 Å². The van der Waals surface area contributed by atoms with Crippen LogP contribution >= 0.6 is 0 Å². The van der Waals surface area contributed by atoms with Gasteiger partial charge < -0.3 is 79.5 Å². The maximum Gasteiger partial charge on any atom is 0.126 e. The number of fused-ring (bicyclic) bond motifs is 16. The fraction of sp³-hybridized carbons (Fsp3) is 0.226. The summed E-state index contributed by atoms with van der Waals surface area (Å²) >= 11 is 0. The molecule has 0 amide bonds. The van der Waals surface area contributed by atoms with Gasteiger partial charge in [0.2, 0.25) is 0 Å². The van der Waals surface area contributed by atoms with Gasteiger partial charge in [0.15, 0.2) is 0 Å². The van der Waals surface area contributed by atoms with E-state index >= 15 is 0 Å². The molecule has 16 heteroatoms. The average Bonchev–Trinajstić information content (AvgIpc) is 3.40. The van der Waals surface area contributed by atoms with Crippen molar-refractivity contribution in [3.05, 3.63) is 186 Å². The highest BCUT2D eigenvalue weighted by molar-refractivity contribution is 5.62. The predicted octanol–water partition coefficient (Wildman–Crippen LogP) is 9.83. The van der Waals surface area contributed by atoms with Crippen LogP contribution in [0.3, 0.4) is 0 Å². The Morgan fingerprint density at radius 2 is 0.295 bits per heavy atom.